The van der Waals surface area contributed by atoms with Crippen molar-refractivity contribution in [1.29, 1.82) is 0 Å². The largest absolute Gasteiger partial charge is 0.497 e. The van der Waals surface area contributed by atoms with E-state index in [0.29, 0.717) is 17.2 Å². The van der Waals surface area contributed by atoms with Crippen LogP contribution >= 0.6 is 11.8 Å². The molecule has 1 aromatic heterocycles. The Balaban J connectivity index is 1.60. The van der Waals surface area contributed by atoms with Crippen LogP contribution in [-0.2, 0) is 4.79 Å². The highest BCUT2D eigenvalue weighted by Gasteiger charge is 2.34. The minimum atomic E-state index is -0.318. The summed E-state index contributed by atoms with van der Waals surface area (Å²) in [4.78, 5) is 26.6. The van der Waals surface area contributed by atoms with Gasteiger partial charge in [-0.25, -0.2) is 0 Å². The zero-order chi connectivity index (χ0) is 19.5. The lowest BCUT2D eigenvalue weighted by Gasteiger charge is -2.25. The Hall–Kier alpha value is -3.19. The van der Waals surface area contributed by atoms with E-state index in [1.54, 1.807) is 35.9 Å². The van der Waals surface area contributed by atoms with Crippen molar-refractivity contribution in [3.63, 3.8) is 0 Å². The number of furan rings is 1. The Bertz CT molecular complexity index is 1000. The van der Waals surface area contributed by atoms with E-state index in [0.717, 1.165) is 11.3 Å². The van der Waals surface area contributed by atoms with Crippen LogP contribution in [0.15, 0.2) is 71.3 Å². The van der Waals surface area contributed by atoms with E-state index in [2.05, 4.69) is 5.32 Å². The molecule has 1 saturated heterocycles. The molecular formula is C21H18N2O4S. The van der Waals surface area contributed by atoms with Gasteiger partial charge < -0.3 is 14.5 Å². The van der Waals surface area contributed by atoms with Crippen LogP contribution in [0.2, 0.25) is 0 Å². The number of nitrogens with one attached hydrogen (secondary N) is 1. The van der Waals surface area contributed by atoms with Crippen molar-refractivity contribution in [2.45, 2.75) is 5.37 Å². The fraction of sp³-hybridized carbons (Fsp3) is 0.143. The summed E-state index contributed by atoms with van der Waals surface area (Å²) in [5.41, 5.74) is 2.35. The first kappa shape index (κ1) is 18.2. The van der Waals surface area contributed by atoms with E-state index in [-0.39, 0.29) is 22.9 Å². The summed E-state index contributed by atoms with van der Waals surface area (Å²) in [6.07, 6.45) is 1.46. The molecule has 2 aromatic carbocycles. The zero-order valence-corrected chi connectivity index (χ0v) is 15.9. The molecule has 1 fully saturated rings. The summed E-state index contributed by atoms with van der Waals surface area (Å²) < 4.78 is 10.4. The third-order valence-electron chi connectivity index (χ3n) is 4.37. The first-order valence-electron chi connectivity index (χ1n) is 8.68. The molecular weight excluding hydrogens is 376 g/mol. The Morgan fingerprint density at radius 3 is 2.82 bits per heavy atom. The molecule has 1 aliphatic rings. The predicted molar refractivity (Wildman–Crippen MR) is 109 cm³/mol. The second-order valence-corrected chi connectivity index (χ2v) is 7.25. The van der Waals surface area contributed by atoms with Crippen LogP contribution in [0.5, 0.6) is 5.75 Å². The summed E-state index contributed by atoms with van der Waals surface area (Å²) >= 11 is 1.55. The van der Waals surface area contributed by atoms with E-state index in [1.807, 2.05) is 48.5 Å². The number of amides is 2. The molecule has 0 aliphatic carbocycles. The summed E-state index contributed by atoms with van der Waals surface area (Å²) in [6, 6.07) is 18.2. The van der Waals surface area contributed by atoms with Crippen LogP contribution in [0.4, 0.5) is 11.4 Å². The molecule has 28 heavy (non-hydrogen) atoms. The highest BCUT2D eigenvalue weighted by molar-refractivity contribution is 8.00. The number of rotatable bonds is 5. The van der Waals surface area contributed by atoms with Crippen molar-refractivity contribution in [2.24, 2.45) is 0 Å². The first-order valence-corrected chi connectivity index (χ1v) is 9.73. The van der Waals surface area contributed by atoms with Gasteiger partial charge in [0, 0.05) is 17.4 Å². The third-order valence-corrected chi connectivity index (χ3v) is 5.59. The van der Waals surface area contributed by atoms with Gasteiger partial charge in [-0.2, -0.15) is 0 Å². The fourth-order valence-corrected chi connectivity index (χ4v) is 4.25. The van der Waals surface area contributed by atoms with E-state index in [9.17, 15) is 9.59 Å². The monoisotopic (exact) mass is 394 g/mol. The molecule has 0 bridgehead atoms. The molecule has 0 radical (unpaired) electrons. The van der Waals surface area contributed by atoms with Crippen LogP contribution in [0.25, 0.3) is 0 Å². The summed E-state index contributed by atoms with van der Waals surface area (Å²) in [7, 11) is 1.60. The number of anilines is 2. The molecule has 142 valence electrons. The molecule has 4 rings (SSSR count). The molecule has 0 saturated carbocycles. The van der Waals surface area contributed by atoms with Gasteiger partial charge in [0.2, 0.25) is 5.91 Å². The third kappa shape index (κ3) is 3.61. The van der Waals surface area contributed by atoms with Crippen LogP contribution < -0.4 is 15.0 Å². The fourth-order valence-electron chi connectivity index (χ4n) is 3.08. The number of hydrogen-bond acceptors (Lipinski definition) is 5. The van der Waals surface area contributed by atoms with Crippen molar-refractivity contribution >= 4 is 35.0 Å². The molecule has 0 spiro atoms. The molecule has 1 aliphatic heterocycles. The van der Waals surface area contributed by atoms with Gasteiger partial charge in [-0.1, -0.05) is 18.2 Å². The number of carbonyl (C=O) groups is 2. The van der Waals surface area contributed by atoms with Gasteiger partial charge in [0.25, 0.3) is 5.91 Å². The predicted octanol–water partition coefficient (Wildman–Crippen LogP) is 4.32. The smallest absolute Gasteiger partial charge is 0.291 e. The van der Waals surface area contributed by atoms with Crippen LogP contribution in [0.1, 0.15) is 21.5 Å². The van der Waals surface area contributed by atoms with Crippen molar-refractivity contribution in [3.8, 4) is 5.75 Å². The van der Waals surface area contributed by atoms with Gasteiger partial charge >= 0.3 is 0 Å². The van der Waals surface area contributed by atoms with Crippen molar-refractivity contribution in [1.82, 2.24) is 0 Å². The zero-order valence-electron chi connectivity index (χ0n) is 15.1. The molecule has 2 amide bonds. The topological polar surface area (TPSA) is 71.8 Å². The maximum absolute atomic E-state index is 12.6. The van der Waals surface area contributed by atoms with Crippen LogP contribution in [-0.4, -0.2) is 24.7 Å². The van der Waals surface area contributed by atoms with Gasteiger partial charge in [-0.05, 0) is 42.0 Å². The first-order chi connectivity index (χ1) is 13.7. The normalized spacial score (nSPS) is 16.2. The summed E-state index contributed by atoms with van der Waals surface area (Å²) in [5, 5.41) is 2.65. The quantitative estimate of drug-likeness (QED) is 0.698. The summed E-state index contributed by atoms with van der Waals surface area (Å²) in [5.74, 6) is 1.05. The Morgan fingerprint density at radius 2 is 2.04 bits per heavy atom. The van der Waals surface area contributed by atoms with E-state index >= 15 is 0 Å². The van der Waals surface area contributed by atoms with Gasteiger partial charge in [0.15, 0.2) is 5.76 Å². The van der Waals surface area contributed by atoms with E-state index in [1.165, 1.54) is 6.26 Å². The lowest BCUT2D eigenvalue weighted by molar-refractivity contribution is -0.115. The van der Waals surface area contributed by atoms with Crippen LogP contribution in [0, 0.1) is 0 Å². The number of carbonyl (C=O) groups excluding carboxylic acids is 2. The maximum atomic E-state index is 12.6. The number of methoxy groups -OCH3 is 1. The van der Waals surface area contributed by atoms with Gasteiger partial charge in [0.05, 0.1) is 19.1 Å². The number of hydrogen-bond donors (Lipinski definition) is 1. The van der Waals surface area contributed by atoms with Crippen LogP contribution in [0.3, 0.4) is 0 Å². The number of nitrogens with zero attached hydrogens (tertiary/aromatic N) is 1. The molecule has 3 aromatic rings. The Kier molecular flexibility index (Phi) is 5.08. The summed E-state index contributed by atoms with van der Waals surface area (Å²) in [6.45, 7) is 0. The Labute approximate surface area is 166 Å². The molecule has 7 heteroatoms. The van der Waals surface area contributed by atoms with Crippen molar-refractivity contribution < 1.29 is 18.7 Å². The Morgan fingerprint density at radius 1 is 1.18 bits per heavy atom. The number of benzene rings is 2. The lowest BCUT2D eigenvalue weighted by Crippen LogP contribution is -2.27. The van der Waals surface area contributed by atoms with Gasteiger partial charge in [0.1, 0.15) is 11.1 Å². The molecule has 1 N–H and O–H groups in total. The maximum Gasteiger partial charge on any atom is 0.291 e. The van der Waals surface area contributed by atoms with E-state index in [4.69, 9.17) is 9.15 Å². The second kappa shape index (κ2) is 7.82. The average Bonchev–Trinajstić information content (AvgIpc) is 3.38. The average molecular weight is 394 g/mol. The highest BCUT2D eigenvalue weighted by atomic mass is 32.2. The molecule has 2 heterocycles. The second-order valence-electron chi connectivity index (χ2n) is 6.19. The minimum absolute atomic E-state index is 0.0354. The molecule has 1 atom stereocenters. The SMILES string of the molecule is COc1cccc(N2C(=O)CS[C@H]2c2cccc(NC(=O)c3ccco3)c2)c1. The van der Waals surface area contributed by atoms with E-state index < -0.39 is 0 Å². The number of ether oxygens (including phenoxy) is 1. The van der Waals surface area contributed by atoms with Gasteiger partial charge in [-0.15, -0.1) is 11.8 Å². The highest BCUT2D eigenvalue weighted by Crippen LogP contribution is 2.42. The van der Waals surface area contributed by atoms with Gasteiger partial charge in [-0.3, -0.25) is 14.5 Å². The van der Waals surface area contributed by atoms with Crippen molar-refractivity contribution in [3.05, 3.63) is 78.3 Å². The standard InChI is InChI=1S/C21H18N2O4S/c1-26-17-8-3-7-16(12-17)23-19(24)13-28-21(23)14-5-2-6-15(11-14)22-20(25)18-9-4-10-27-18/h2-12,21H,13H2,1H3,(H,22,25)/t21-/m0/s1. The van der Waals surface area contributed by atoms with Crippen molar-refractivity contribution in [2.75, 3.05) is 23.1 Å². The molecule has 6 nitrogen and oxygen atoms in total. The minimum Gasteiger partial charge on any atom is -0.497 e. The molecule has 0 unspecified atom stereocenters. The number of thioether (sulfide) groups is 1. The lowest BCUT2D eigenvalue weighted by atomic mass is 10.1.